The number of aliphatic carboxylic acids is 1. The molecule has 1 unspecified atom stereocenters. The van der Waals surface area contributed by atoms with Crippen LogP contribution in [0.4, 0.5) is 0 Å². The predicted molar refractivity (Wildman–Crippen MR) is 58.3 cm³/mol. The molecule has 1 N–H and O–H groups in total. The molecule has 0 radical (unpaired) electrons. The van der Waals surface area contributed by atoms with E-state index in [9.17, 15) is 9.59 Å². The van der Waals surface area contributed by atoms with Crippen LogP contribution < -0.4 is 0 Å². The molecule has 0 amide bonds. The Kier molecular flexibility index (Phi) is 4.42. The Morgan fingerprint density at radius 2 is 2.31 bits per heavy atom. The van der Waals surface area contributed by atoms with Crippen molar-refractivity contribution in [3.05, 3.63) is 16.1 Å². The maximum absolute atomic E-state index is 11.4. The molecule has 1 atom stereocenters. The van der Waals surface area contributed by atoms with Gasteiger partial charge in [-0.15, -0.1) is 11.3 Å². The average molecular weight is 243 g/mol. The lowest BCUT2D eigenvalue weighted by Crippen LogP contribution is -2.27. The van der Waals surface area contributed by atoms with E-state index in [-0.39, 0.29) is 13.0 Å². The van der Waals surface area contributed by atoms with Gasteiger partial charge in [-0.2, -0.15) is 0 Å². The van der Waals surface area contributed by atoms with Crippen LogP contribution in [-0.4, -0.2) is 28.6 Å². The van der Waals surface area contributed by atoms with Crippen LogP contribution in [0.2, 0.25) is 0 Å². The molecular formula is C10H13NO4S. The minimum absolute atomic E-state index is 0.0900. The van der Waals surface area contributed by atoms with E-state index in [2.05, 4.69) is 4.98 Å². The zero-order valence-corrected chi connectivity index (χ0v) is 9.91. The van der Waals surface area contributed by atoms with Crippen molar-refractivity contribution >= 4 is 23.3 Å². The van der Waals surface area contributed by atoms with Gasteiger partial charge in [0.15, 0.2) is 5.92 Å². The Balaban J connectivity index is 2.72. The van der Waals surface area contributed by atoms with Gasteiger partial charge in [0.2, 0.25) is 0 Å². The molecule has 0 bridgehead atoms. The summed E-state index contributed by atoms with van der Waals surface area (Å²) in [5, 5.41) is 11.4. The SMILES string of the molecule is CCOC(=O)C(Cc1nc(C)cs1)C(=O)O. The fourth-order valence-electron chi connectivity index (χ4n) is 1.19. The zero-order chi connectivity index (χ0) is 12.1. The summed E-state index contributed by atoms with van der Waals surface area (Å²) in [6.45, 7) is 3.64. The first kappa shape index (κ1) is 12.6. The van der Waals surface area contributed by atoms with E-state index in [4.69, 9.17) is 9.84 Å². The normalized spacial score (nSPS) is 12.1. The number of aryl methyl sites for hydroxylation is 1. The van der Waals surface area contributed by atoms with E-state index in [0.717, 1.165) is 5.69 Å². The van der Waals surface area contributed by atoms with Gasteiger partial charge < -0.3 is 9.84 Å². The van der Waals surface area contributed by atoms with Crippen molar-refractivity contribution in [2.45, 2.75) is 20.3 Å². The van der Waals surface area contributed by atoms with Crippen LogP contribution >= 0.6 is 11.3 Å². The first-order valence-corrected chi connectivity index (χ1v) is 5.73. The zero-order valence-electron chi connectivity index (χ0n) is 9.10. The number of aromatic nitrogens is 1. The maximum atomic E-state index is 11.4. The molecule has 88 valence electrons. The summed E-state index contributed by atoms with van der Waals surface area (Å²) >= 11 is 1.35. The minimum atomic E-state index is -1.17. The van der Waals surface area contributed by atoms with Crippen LogP contribution in [-0.2, 0) is 20.7 Å². The number of nitrogens with zero attached hydrogens (tertiary/aromatic N) is 1. The number of thiazole rings is 1. The number of carboxylic acid groups (broad SMARTS) is 1. The largest absolute Gasteiger partial charge is 0.481 e. The number of carbonyl (C=O) groups is 2. The Morgan fingerprint density at radius 1 is 1.62 bits per heavy atom. The minimum Gasteiger partial charge on any atom is -0.481 e. The van der Waals surface area contributed by atoms with Gasteiger partial charge in [0, 0.05) is 17.5 Å². The van der Waals surface area contributed by atoms with E-state index in [1.165, 1.54) is 11.3 Å². The summed E-state index contributed by atoms with van der Waals surface area (Å²) in [6, 6.07) is 0. The summed E-state index contributed by atoms with van der Waals surface area (Å²) < 4.78 is 4.70. The lowest BCUT2D eigenvalue weighted by molar-refractivity contribution is -0.158. The van der Waals surface area contributed by atoms with E-state index in [1.807, 2.05) is 12.3 Å². The first-order valence-electron chi connectivity index (χ1n) is 4.85. The van der Waals surface area contributed by atoms with E-state index >= 15 is 0 Å². The Morgan fingerprint density at radius 3 is 2.75 bits per heavy atom. The highest BCUT2D eigenvalue weighted by Crippen LogP contribution is 2.15. The molecule has 0 aromatic carbocycles. The van der Waals surface area contributed by atoms with Crippen LogP contribution in [0.1, 0.15) is 17.6 Å². The van der Waals surface area contributed by atoms with Gasteiger partial charge in [-0.1, -0.05) is 0 Å². The van der Waals surface area contributed by atoms with Crippen LogP contribution in [0.5, 0.6) is 0 Å². The molecule has 0 fully saturated rings. The molecular weight excluding hydrogens is 230 g/mol. The molecule has 1 aromatic rings. The summed E-state index contributed by atoms with van der Waals surface area (Å²) in [6.07, 6.45) is 0.0900. The quantitative estimate of drug-likeness (QED) is 0.622. The fraction of sp³-hybridized carbons (Fsp3) is 0.500. The lowest BCUT2D eigenvalue weighted by Gasteiger charge is -2.09. The van der Waals surface area contributed by atoms with Gasteiger partial charge in [0.05, 0.1) is 11.6 Å². The van der Waals surface area contributed by atoms with Crippen molar-refractivity contribution in [3.63, 3.8) is 0 Å². The molecule has 6 heteroatoms. The summed E-state index contributed by atoms with van der Waals surface area (Å²) in [4.78, 5) is 26.4. The van der Waals surface area contributed by atoms with Gasteiger partial charge in [-0.05, 0) is 13.8 Å². The fourth-order valence-corrected chi connectivity index (χ4v) is 2.00. The Bertz CT molecular complexity index is 388. The second-order valence-corrected chi connectivity index (χ2v) is 4.17. The smallest absolute Gasteiger partial charge is 0.320 e. The highest BCUT2D eigenvalue weighted by atomic mass is 32.1. The number of carbonyl (C=O) groups excluding carboxylic acids is 1. The molecule has 0 saturated carbocycles. The van der Waals surface area contributed by atoms with E-state index in [1.54, 1.807) is 6.92 Å². The predicted octanol–water partition coefficient (Wildman–Crippen LogP) is 1.26. The van der Waals surface area contributed by atoms with Crippen LogP contribution in [0, 0.1) is 12.8 Å². The second kappa shape index (κ2) is 5.60. The summed E-state index contributed by atoms with van der Waals surface area (Å²) in [5.74, 6) is -3.04. The van der Waals surface area contributed by atoms with Crippen LogP contribution in [0.15, 0.2) is 5.38 Å². The van der Waals surface area contributed by atoms with Gasteiger partial charge in [-0.3, -0.25) is 9.59 Å². The van der Waals surface area contributed by atoms with Crippen molar-refractivity contribution in [2.75, 3.05) is 6.61 Å². The van der Waals surface area contributed by atoms with Gasteiger partial charge in [0.1, 0.15) is 0 Å². The molecule has 0 aliphatic heterocycles. The number of esters is 1. The number of hydrogen-bond acceptors (Lipinski definition) is 5. The second-order valence-electron chi connectivity index (χ2n) is 3.23. The Labute approximate surface area is 97.1 Å². The van der Waals surface area contributed by atoms with Gasteiger partial charge >= 0.3 is 11.9 Å². The van der Waals surface area contributed by atoms with Crippen molar-refractivity contribution in [2.24, 2.45) is 5.92 Å². The van der Waals surface area contributed by atoms with E-state index in [0.29, 0.717) is 5.01 Å². The third-order valence-corrected chi connectivity index (χ3v) is 2.90. The van der Waals surface area contributed by atoms with Crippen LogP contribution in [0.3, 0.4) is 0 Å². The topological polar surface area (TPSA) is 76.5 Å². The monoisotopic (exact) mass is 243 g/mol. The van der Waals surface area contributed by atoms with Crippen molar-refractivity contribution in [3.8, 4) is 0 Å². The molecule has 0 saturated heterocycles. The third-order valence-electron chi connectivity index (χ3n) is 1.91. The standard InChI is InChI=1S/C10H13NO4S/c1-3-15-10(14)7(9(12)13)4-8-11-6(2)5-16-8/h5,7H,3-4H2,1-2H3,(H,12,13). The molecule has 5 nitrogen and oxygen atoms in total. The lowest BCUT2D eigenvalue weighted by atomic mass is 10.1. The molecule has 0 aliphatic rings. The third kappa shape index (κ3) is 3.30. The highest BCUT2D eigenvalue weighted by molar-refractivity contribution is 7.09. The highest BCUT2D eigenvalue weighted by Gasteiger charge is 2.28. The number of carboxylic acids is 1. The number of ether oxygens (including phenoxy) is 1. The van der Waals surface area contributed by atoms with Crippen LogP contribution in [0.25, 0.3) is 0 Å². The molecule has 16 heavy (non-hydrogen) atoms. The Hall–Kier alpha value is -1.43. The molecule has 1 rings (SSSR count). The summed E-state index contributed by atoms with van der Waals surface area (Å²) in [7, 11) is 0. The number of hydrogen-bond donors (Lipinski definition) is 1. The average Bonchev–Trinajstić information content (AvgIpc) is 2.60. The molecule has 0 spiro atoms. The van der Waals surface area contributed by atoms with Gasteiger partial charge in [-0.25, -0.2) is 4.98 Å². The first-order chi connectivity index (χ1) is 7.54. The van der Waals surface area contributed by atoms with Crippen molar-refractivity contribution in [1.82, 2.24) is 4.98 Å². The molecule has 0 aliphatic carbocycles. The maximum Gasteiger partial charge on any atom is 0.320 e. The van der Waals surface area contributed by atoms with Crippen molar-refractivity contribution < 1.29 is 19.4 Å². The summed E-state index contributed by atoms with van der Waals surface area (Å²) in [5.41, 5.74) is 0.827. The van der Waals surface area contributed by atoms with E-state index < -0.39 is 17.9 Å². The molecule has 1 aromatic heterocycles. The van der Waals surface area contributed by atoms with Crippen molar-refractivity contribution in [1.29, 1.82) is 0 Å². The molecule has 1 heterocycles. The van der Waals surface area contributed by atoms with Gasteiger partial charge in [0.25, 0.3) is 0 Å². The number of rotatable bonds is 5.